The van der Waals surface area contributed by atoms with Crippen molar-refractivity contribution in [2.75, 3.05) is 0 Å². The molecule has 2 aromatic rings. The minimum Gasteiger partial charge on any atom is -0.300 e. The van der Waals surface area contributed by atoms with Gasteiger partial charge in [-0.15, -0.1) is 0 Å². The summed E-state index contributed by atoms with van der Waals surface area (Å²) in [6.07, 6.45) is 15.2. The van der Waals surface area contributed by atoms with E-state index in [1.807, 2.05) is 6.92 Å². The fraction of sp³-hybridized carbons (Fsp3) is 0.514. The second-order valence-corrected chi connectivity index (χ2v) is 12.9. The lowest BCUT2D eigenvalue weighted by molar-refractivity contribution is -0.127. The molecule has 2 aromatic carbocycles. The molecule has 7 atom stereocenters. The van der Waals surface area contributed by atoms with Gasteiger partial charge >= 0.3 is 0 Å². The minimum atomic E-state index is 0.245. The molecule has 2 unspecified atom stereocenters. The van der Waals surface area contributed by atoms with Gasteiger partial charge in [0.2, 0.25) is 0 Å². The van der Waals surface area contributed by atoms with Gasteiger partial charge in [0.05, 0.1) is 0 Å². The second kappa shape index (κ2) is 9.16. The maximum Gasteiger partial charge on any atom is 0.133 e. The quantitative estimate of drug-likeness (QED) is 0.401. The zero-order valence-electron chi connectivity index (χ0n) is 22.4. The Balaban J connectivity index is 1.28. The van der Waals surface area contributed by atoms with Crippen molar-refractivity contribution < 1.29 is 4.79 Å². The average Bonchev–Trinajstić information content (AvgIpc) is 3.26. The van der Waals surface area contributed by atoms with E-state index in [1.165, 1.54) is 61.6 Å². The SMILES string of the molecule is CC(=O)C1CC[C@H]2[C@@H]3CC=C4CC(C=C(c5ccccc5)c5ccccc5)CC[C@]4(C)[C@H]3CC[C@]12C. The number of hydrogen-bond acceptors (Lipinski definition) is 1. The van der Waals surface area contributed by atoms with Gasteiger partial charge in [-0.25, -0.2) is 0 Å². The fourth-order valence-corrected chi connectivity index (χ4v) is 9.33. The maximum atomic E-state index is 12.5. The lowest BCUT2D eigenvalue weighted by Gasteiger charge is -2.58. The summed E-state index contributed by atoms with van der Waals surface area (Å²) in [5, 5.41) is 0. The van der Waals surface area contributed by atoms with Crippen molar-refractivity contribution >= 4 is 11.4 Å². The number of allylic oxidation sites excluding steroid dienone is 3. The zero-order valence-corrected chi connectivity index (χ0v) is 22.4. The highest BCUT2D eigenvalue weighted by atomic mass is 16.1. The van der Waals surface area contributed by atoms with E-state index >= 15 is 0 Å². The molecule has 0 aromatic heterocycles. The molecule has 6 rings (SSSR count). The van der Waals surface area contributed by atoms with E-state index in [0.29, 0.717) is 23.0 Å². The van der Waals surface area contributed by atoms with Crippen molar-refractivity contribution in [3.63, 3.8) is 0 Å². The molecule has 0 bridgehead atoms. The predicted molar refractivity (Wildman–Crippen MR) is 149 cm³/mol. The molecule has 0 saturated heterocycles. The number of hydrogen-bond donors (Lipinski definition) is 0. The number of carbonyl (C=O) groups excluding carboxylic acids is 1. The Morgan fingerprint density at radius 3 is 2.14 bits per heavy atom. The van der Waals surface area contributed by atoms with Gasteiger partial charge in [0, 0.05) is 5.92 Å². The highest BCUT2D eigenvalue weighted by Gasteiger charge is 2.59. The molecule has 4 aliphatic rings. The van der Waals surface area contributed by atoms with Crippen LogP contribution in [0.2, 0.25) is 0 Å². The summed E-state index contributed by atoms with van der Waals surface area (Å²) in [7, 11) is 0. The van der Waals surface area contributed by atoms with Gasteiger partial charge < -0.3 is 0 Å². The average molecular weight is 479 g/mol. The molecule has 1 nitrogen and oxygen atoms in total. The summed E-state index contributed by atoms with van der Waals surface area (Å²) in [5.41, 5.74) is 6.36. The Morgan fingerprint density at radius 2 is 1.50 bits per heavy atom. The van der Waals surface area contributed by atoms with E-state index < -0.39 is 0 Å². The van der Waals surface area contributed by atoms with Crippen LogP contribution in [0.3, 0.4) is 0 Å². The maximum absolute atomic E-state index is 12.5. The Kier molecular flexibility index (Phi) is 6.09. The number of carbonyl (C=O) groups is 1. The Labute approximate surface area is 218 Å². The van der Waals surface area contributed by atoms with Gasteiger partial charge in [0.25, 0.3) is 0 Å². The van der Waals surface area contributed by atoms with Gasteiger partial charge in [0.1, 0.15) is 5.78 Å². The van der Waals surface area contributed by atoms with E-state index in [2.05, 4.69) is 86.7 Å². The van der Waals surface area contributed by atoms with E-state index in [0.717, 1.165) is 24.2 Å². The normalized spacial score (nSPS) is 37.2. The fourth-order valence-electron chi connectivity index (χ4n) is 9.33. The van der Waals surface area contributed by atoms with Gasteiger partial charge in [0.15, 0.2) is 0 Å². The standard InChI is InChI=1S/C35H42O/c1-24(36)31-16-17-32-29-15-14-28-22-25(18-20-34(28,2)33(29)19-21-35(31,32)3)23-30(26-10-6-4-7-11-26)27-12-8-5-9-13-27/h4-14,23,25,29,31-33H,15-22H2,1-3H3/t25?,29-,31?,32-,33-,34-,35+/m0/s1. The van der Waals surface area contributed by atoms with Crippen LogP contribution in [0.25, 0.3) is 5.57 Å². The summed E-state index contributed by atoms with van der Waals surface area (Å²) >= 11 is 0. The summed E-state index contributed by atoms with van der Waals surface area (Å²) < 4.78 is 0. The predicted octanol–water partition coefficient (Wildman–Crippen LogP) is 8.90. The van der Waals surface area contributed by atoms with Gasteiger partial charge in [-0.3, -0.25) is 4.79 Å². The lowest BCUT2D eigenvalue weighted by Crippen LogP contribution is -2.50. The lowest BCUT2D eigenvalue weighted by atomic mass is 9.47. The third kappa shape index (κ3) is 3.85. The first-order chi connectivity index (χ1) is 17.4. The number of benzene rings is 2. The van der Waals surface area contributed by atoms with Crippen molar-refractivity contribution in [1.29, 1.82) is 0 Å². The van der Waals surface area contributed by atoms with E-state index in [1.54, 1.807) is 5.57 Å². The van der Waals surface area contributed by atoms with Crippen molar-refractivity contribution in [1.82, 2.24) is 0 Å². The van der Waals surface area contributed by atoms with Crippen LogP contribution in [-0.4, -0.2) is 5.78 Å². The molecular weight excluding hydrogens is 436 g/mol. The van der Waals surface area contributed by atoms with Crippen LogP contribution in [0.1, 0.15) is 83.3 Å². The molecule has 3 saturated carbocycles. The Morgan fingerprint density at radius 1 is 0.833 bits per heavy atom. The summed E-state index contributed by atoms with van der Waals surface area (Å²) in [4.78, 5) is 12.5. The molecule has 0 spiro atoms. The number of Topliss-reactive ketones (excluding diaryl/α,β-unsaturated/α-hetero) is 1. The topological polar surface area (TPSA) is 17.1 Å². The molecule has 0 N–H and O–H groups in total. The summed E-state index contributed by atoms with van der Waals surface area (Å²) in [6, 6.07) is 21.9. The van der Waals surface area contributed by atoms with Crippen molar-refractivity contribution in [3.8, 4) is 0 Å². The van der Waals surface area contributed by atoms with Gasteiger partial charge in [-0.2, -0.15) is 0 Å². The largest absolute Gasteiger partial charge is 0.300 e. The van der Waals surface area contributed by atoms with Crippen LogP contribution >= 0.6 is 0 Å². The smallest absolute Gasteiger partial charge is 0.133 e. The summed E-state index contributed by atoms with van der Waals surface area (Å²) in [5.74, 6) is 3.65. The van der Waals surface area contributed by atoms with Crippen LogP contribution < -0.4 is 0 Å². The van der Waals surface area contributed by atoms with E-state index in [4.69, 9.17) is 0 Å². The van der Waals surface area contributed by atoms with Crippen LogP contribution in [0, 0.1) is 40.4 Å². The first-order valence-corrected chi connectivity index (χ1v) is 14.4. The molecule has 1 heteroatoms. The molecule has 188 valence electrons. The highest BCUT2D eigenvalue weighted by molar-refractivity contribution is 5.80. The Hall–Kier alpha value is -2.41. The first kappa shape index (κ1) is 24.0. The number of fused-ring (bicyclic) bond motifs is 5. The molecular formula is C35H42O. The van der Waals surface area contributed by atoms with E-state index in [9.17, 15) is 4.79 Å². The van der Waals surface area contributed by atoms with Crippen molar-refractivity contribution in [2.24, 2.45) is 40.4 Å². The second-order valence-electron chi connectivity index (χ2n) is 12.9. The van der Waals surface area contributed by atoms with Crippen LogP contribution in [-0.2, 0) is 4.79 Å². The first-order valence-electron chi connectivity index (χ1n) is 14.4. The van der Waals surface area contributed by atoms with E-state index in [-0.39, 0.29) is 5.41 Å². The molecule has 0 amide bonds. The van der Waals surface area contributed by atoms with Crippen molar-refractivity contribution in [2.45, 2.75) is 72.1 Å². The molecule has 0 aliphatic heterocycles. The van der Waals surface area contributed by atoms with Gasteiger partial charge in [-0.05, 0) is 109 Å². The monoisotopic (exact) mass is 478 g/mol. The number of ketones is 1. The molecule has 3 fully saturated rings. The third-order valence-electron chi connectivity index (χ3n) is 11.2. The van der Waals surface area contributed by atoms with Crippen LogP contribution in [0.15, 0.2) is 78.4 Å². The van der Waals surface area contributed by atoms with Crippen LogP contribution in [0.4, 0.5) is 0 Å². The molecule has 4 aliphatic carbocycles. The van der Waals surface area contributed by atoms with Crippen molar-refractivity contribution in [3.05, 3.63) is 89.5 Å². The molecule has 0 heterocycles. The minimum absolute atomic E-state index is 0.245. The van der Waals surface area contributed by atoms with Crippen LogP contribution in [0.5, 0.6) is 0 Å². The third-order valence-corrected chi connectivity index (χ3v) is 11.2. The van der Waals surface area contributed by atoms with Gasteiger partial charge in [-0.1, -0.05) is 92.2 Å². The number of rotatable bonds is 4. The molecule has 0 radical (unpaired) electrons. The zero-order chi connectivity index (χ0) is 24.9. The summed E-state index contributed by atoms with van der Waals surface area (Å²) in [6.45, 7) is 6.91. The molecule has 36 heavy (non-hydrogen) atoms. The highest BCUT2D eigenvalue weighted by Crippen LogP contribution is 2.66. The Bertz CT molecular complexity index is 1130.